The first-order valence-corrected chi connectivity index (χ1v) is 6.47. The van der Waals surface area contributed by atoms with Gasteiger partial charge in [0.1, 0.15) is 11.4 Å². The van der Waals surface area contributed by atoms with Crippen LogP contribution in [0.1, 0.15) is 28.7 Å². The molecule has 0 saturated carbocycles. The third-order valence-corrected chi connectivity index (χ3v) is 3.03. The molecular formula is C14H18N4O2. The number of nitrogens with zero attached hydrogens (tertiary/aromatic N) is 3. The highest BCUT2D eigenvalue weighted by molar-refractivity contribution is 5.93. The summed E-state index contributed by atoms with van der Waals surface area (Å²) in [5, 5.41) is 10.7. The molecule has 0 saturated heterocycles. The number of methoxy groups -OCH3 is 1. The third kappa shape index (κ3) is 2.96. The van der Waals surface area contributed by atoms with E-state index < -0.39 is 0 Å². The van der Waals surface area contributed by atoms with E-state index in [-0.39, 0.29) is 5.91 Å². The zero-order valence-corrected chi connectivity index (χ0v) is 11.9. The van der Waals surface area contributed by atoms with Crippen molar-refractivity contribution in [2.75, 3.05) is 7.11 Å². The molecule has 1 aromatic carbocycles. The van der Waals surface area contributed by atoms with Crippen LogP contribution in [0.25, 0.3) is 0 Å². The zero-order valence-electron chi connectivity index (χ0n) is 11.9. The number of aryl methyl sites for hydroxylation is 2. The minimum atomic E-state index is -0.162. The highest BCUT2D eigenvalue weighted by Crippen LogP contribution is 2.11. The average Bonchev–Trinajstić information content (AvgIpc) is 2.86. The van der Waals surface area contributed by atoms with Crippen LogP contribution in [0.4, 0.5) is 0 Å². The van der Waals surface area contributed by atoms with Gasteiger partial charge in [-0.2, -0.15) is 0 Å². The van der Waals surface area contributed by atoms with E-state index in [1.54, 1.807) is 18.7 Å². The lowest BCUT2D eigenvalue weighted by Gasteiger charge is -2.07. The van der Waals surface area contributed by atoms with Crippen LogP contribution in [0.5, 0.6) is 5.75 Å². The number of benzene rings is 1. The lowest BCUT2D eigenvalue weighted by atomic mass is 10.2. The number of nitrogens with one attached hydrogen (secondary N) is 1. The SMILES string of the molecule is CCn1nnc(C)c1C(=O)NCc1ccc(OC)cc1. The molecule has 2 aromatic rings. The Balaban J connectivity index is 2.02. The quantitative estimate of drug-likeness (QED) is 0.898. The normalized spacial score (nSPS) is 10.3. The molecule has 2 rings (SSSR count). The van der Waals surface area contributed by atoms with Crippen molar-refractivity contribution in [2.45, 2.75) is 26.9 Å². The lowest BCUT2D eigenvalue weighted by Crippen LogP contribution is -2.26. The Labute approximate surface area is 117 Å². The van der Waals surface area contributed by atoms with Gasteiger partial charge in [-0.3, -0.25) is 4.79 Å². The highest BCUT2D eigenvalue weighted by Gasteiger charge is 2.16. The van der Waals surface area contributed by atoms with Crippen molar-refractivity contribution in [2.24, 2.45) is 0 Å². The van der Waals surface area contributed by atoms with E-state index >= 15 is 0 Å². The Kier molecular flexibility index (Phi) is 4.34. The second-order valence-corrected chi connectivity index (χ2v) is 4.37. The summed E-state index contributed by atoms with van der Waals surface area (Å²) in [5.74, 6) is 0.634. The van der Waals surface area contributed by atoms with Crippen LogP contribution >= 0.6 is 0 Å². The van der Waals surface area contributed by atoms with Crippen LogP contribution in [0.3, 0.4) is 0 Å². The maximum atomic E-state index is 12.2. The number of aromatic nitrogens is 3. The van der Waals surface area contributed by atoms with Crippen molar-refractivity contribution in [3.8, 4) is 5.75 Å². The minimum Gasteiger partial charge on any atom is -0.497 e. The van der Waals surface area contributed by atoms with Crippen LogP contribution in [0.15, 0.2) is 24.3 Å². The van der Waals surface area contributed by atoms with E-state index in [0.29, 0.717) is 24.5 Å². The molecule has 0 atom stereocenters. The van der Waals surface area contributed by atoms with Gasteiger partial charge in [0, 0.05) is 13.1 Å². The van der Waals surface area contributed by atoms with E-state index in [2.05, 4.69) is 15.6 Å². The summed E-state index contributed by atoms with van der Waals surface area (Å²) in [6, 6.07) is 7.57. The topological polar surface area (TPSA) is 69.0 Å². The first-order chi connectivity index (χ1) is 9.65. The molecule has 6 heteroatoms. The number of amides is 1. The Morgan fingerprint density at radius 1 is 1.35 bits per heavy atom. The minimum absolute atomic E-state index is 0.162. The van der Waals surface area contributed by atoms with Crippen molar-refractivity contribution >= 4 is 5.91 Å². The predicted molar refractivity (Wildman–Crippen MR) is 74.6 cm³/mol. The first kappa shape index (κ1) is 14.0. The zero-order chi connectivity index (χ0) is 14.5. The van der Waals surface area contributed by atoms with Gasteiger partial charge in [-0.25, -0.2) is 4.68 Å². The number of ether oxygens (including phenoxy) is 1. The molecule has 1 heterocycles. The van der Waals surface area contributed by atoms with E-state index in [4.69, 9.17) is 4.74 Å². The van der Waals surface area contributed by atoms with Crippen LogP contribution in [-0.4, -0.2) is 28.0 Å². The van der Waals surface area contributed by atoms with Crippen LogP contribution < -0.4 is 10.1 Å². The van der Waals surface area contributed by atoms with Gasteiger partial charge in [0.2, 0.25) is 0 Å². The molecule has 0 aliphatic rings. The maximum absolute atomic E-state index is 12.2. The summed E-state index contributed by atoms with van der Waals surface area (Å²) in [6.45, 7) is 4.78. The monoisotopic (exact) mass is 274 g/mol. The number of hydrogen-bond donors (Lipinski definition) is 1. The molecule has 0 aliphatic heterocycles. The Morgan fingerprint density at radius 2 is 2.05 bits per heavy atom. The molecule has 0 aliphatic carbocycles. The van der Waals surface area contributed by atoms with E-state index in [1.807, 2.05) is 31.2 Å². The van der Waals surface area contributed by atoms with E-state index in [1.165, 1.54) is 0 Å². The molecule has 1 amide bonds. The van der Waals surface area contributed by atoms with Crippen LogP contribution in [0.2, 0.25) is 0 Å². The number of rotatable bonds is 5. The second kappa shape index (κ2) is 6.18. The molecule has 6 nitrogen and oxygen atoms in total. The lowest BCUT2D eigenvalue weighted by molar-refractivity contribution is 0.0939. The summed E-state index contributed by atoms with van der Waals surface area (Å²) in [7, 11) is 1.62. The Morgan fingerprint density at radius 3 is 2.65 bits per heavy atom. The smallest absolute Gasteiger partial charge is 0.271 e. The molecule has 1 N–H and O–H groups in total. The van der Waals surface area contributed by atoms with E-state index in [0.717, 1.165) is 11.3 Å². The van der Waals surface area contributed by atoms with Crippen molar-refractivity contribution in [3.05, 3.63) is 41.2 Å². The Hall–Kier alpha value is -2.37. The van der Waals surface area contributed by atoms with Gasteiger partial charge in [-0.15, -0.1) is 5.10 Å². The fraction of sp³-hybridized carbons (Fsp3) is 0.357. The molecule has 0 unspecified atom stereocenters. The van der Waals surface area contributed by atoms with Gasteiger partial charge in [0.15, 0.2) is 0 Å². The molecule has 0 radical (unpaired) electrons. The average molecular weight is 274 g/mol. The van der Waals surface area contributed by atoms with Gasteiger partial charge >= 0.3 is 0 Å². The van der Waals surface area contributed by atoms with Crippen molar-refractivity contribution in [1.82, 2.24) is 20.3 Å². The van der Waals surface area contributed by atoms with Crippen LogP contribution in [-0.2, 0) is 13.1 Å². The summed E-state index contributed by atoms with van der Waals surface area (Å²) in [5.41, 5.74) is 2.16. The Bertz CT molecular complexity index is 590. The summed E-state index contributed by atoms with van der Waals surface area (Å²) in [4.78, 5) is 12.2. The van der Waals surface area contributed by atoms with Crippen molar-refractivity contribution in [1.29, 1.82) is 0 Å². The van der Waals surface area contributed by atoms with Gasteiger partial charge in [0.25, 0.3) is 5.91 Å². The summed E-state index contributed by atoms with van der Waals surface area (Å²) < 4.78 is 6.69. The van der Waals surface area contributed by atoms with Gasteiger partial charge in [0.05, 0.1) is 12.8 Å². The first-order valence-electron chi connectivity index (χ1n) is 6.47. The number of carbonyl (C=O) groups is 1. The summed E-state index contributed by atoms with van der Waals surface area (Å²) >= 11 is 0. The van der Waals surface area contributed by atoms with Crippen LogP contribution in [0, 0.1) is 6.92 Å². The fourth-order valence-electron chi connectivity index (χ4n) is 1.91. The maximum Gasteiger partial charge on any atom is 0.271 e. The largest absolute Gasteiger partial charge is 0.497 e. The molecule has 1 aromatic heterocycles. The predicted octanol–water partition coefficient (Wildman–Crippen LogP) is 1.55. The van der Waals surface area contributed by atoms with Gasteiger partial charge in [-0.1, -0.05) is 17.3 Å². The molecule has 0 bridgehead atoms. The summed E-state index contributed by atoms with van der Waals surface area (Å²) in [6.07, 6.45) is 0. The van der Waals surface area contributed by atoms with Crippen molar-refractivity contribution in [3.63, 3.8) is 0 Å². The molecular weight excluding hydrogens is 256 g/mol. The number of hydrogen-bond acceptors (Lipinski definition) is 4. The standard InChI is InChI=1S/C14H18N4O2/c1-4-18-13(10(2)16-17-18)14(19)15-9-11-5-7-12(20-3)8-6-11/h5-8H,4,9H2,1-3H3,(H,15,19). The second-order valence-electron chi connectivity index (χ2n) is 4.37. The van der Waals surface area contributed by atoms with Crippen molar-refractivity contribution < 1.29 is 9.53 Å². The molecule has 106 valence electrons. The third-order valence-electron chi connectivity index (χ3n) is 3.03. The molecule has 0 fully saturated rings. The van der Waals surface area contributed by atoms with Gasteiger partial charge in [-0.05, 0) is 31.5 Å². The molecule has 0 spiro atoms. The number of carbonyl (C=O) groups excluding carboxylic acids is 1. The molecule has 20 heavy (non-hydrogen) atoms. The van der Waals surface area contributed by atoms with E-state index in [9.17, 15) is 4.79 Å². The van der Waals surface area contributed by atoms with Gasteiger partial charge < -0.3 is 10.1 Å². The fourth-order valence-corrected chi connectivity index (χ4v) is 1.91. The highest BCUT2D eigenvalue weighted by atomic mass is 16.5.